The number of nitrogens with one attached hydrogen (secondary N) is 2. The van der Waals surface area contributed by atoms with Gasteiger partial charge in [-0.25, -0.2) is 10.4 Å². The fraction of sp³-hybridized carbons (Fsp3) is 0.235. The summed E-state index contributed by atoms with van der Waals surface area (Å²) < 4.78 is 1.20. The van der Waals surface area contributed by atoms with E-state index in [-0.39, 0.29) is 0 Å². The summed E-state index contributed by atoms with van der Waals surface area (Å²) in [5.74, 6) is 0.577. The number of benzene rings is 2. The van der Waals surface area contributed by atoms with Gasteiger partial charge in [-0.1, -0.05) is 61.6 Å². The largest absolute Gasteiger partial charge is 0.297 e. The SMILES string of the molecule is CC(C)c1ccc(CNNc2nc3ccccc3s2)cc1. The highest BCUT2D eigenvalue weighted by Gasteiger charge is 2.02. The minimum Gasteiger partial charge on any atom is -0.297 e. The number of para-hydroxylation sites is 1. The van der Waals surface area contributed by atoms with Crippen molar-refractivity contribution in [2.45, 2.75) is 26.3 Å². The molecule has 0 aliphatic carbocycles. The zero-order valence-electron chi connectivity index (χ0n) is 12.3. The van der Waals surface area contributed by atoms with E-state index in [1.165, 1.54) is 15.8 Å². The number of aromatic nitrogens is 1. The Balaban J connectivity index is 1.58. The molecule has 0 amide bonds. The van der Waals surface area contributed by atoms with Crippen molar-refractivity contribution in [3.63, 3.8) is 0 Å². The van der Waals surface area contributed by atoms with Crippen LogP contribution in [0.4, 0.5) is 5.13 Å². The van der Waals surface area contributed by atoms with Crippen LogP contribution in [0.25, 0.3) is 10.2 Å². The number of hydrogen-bond acceptors (Lipinski definition) is 4. The van der Waals surface area contributed by atoms with Crippen LogP contribution in [-0.4, -0.2) is 4.98 Å². The van der Waals surface area contributed by atoms with Gasteiger partial charge in [0.2, 0.25) is 0 Å². The van der Waals surface area contributed by atoms with Gasteiger partial charge in [0.1, 0.15) is 0 Å². The average Bonchev–Trinajstić information content (AvgIpc) is 2.90. The summed E-state index contributed by atoms with van der Waals surface area (Å²) in [4.78, 5) is 4.53. The molecule has 0 aliphatic rings. The first-order valence-electron chi connectivity index (χ1n) is 7.15. The van der Waals surface area contributed by atoms with E-state index in [2.05, 4.69) is 60.0 Å². The molecule has 0 fully saturated rings. The van der Waals surface area contributed by atoms with Gasteiger partial charge in [-0.15, -0.1) is 0 Å². The second-order valence-electron chi connectivity index (χ2n) is 5.36. The van der Waals surface area contributed by atoms with Crippen molar-refractivity contribution in [2.75, 3.05) is 5.43 Å². The molecular weight excluding hydrogens is 278 g/mol. The molecule has 0 spiro atoms. The molecule has 3 aromatic rings. The Labute approximate surface area is 129 Å². The second kappa shape index (κ2) is 6.24. The van der Waals surface area contributed by atoms with Crippen LogP contribution >= 0.6 is 11.3 Å². The number of rotatable bonds is 5. The van der Waals surface area contributed by atoms with Gasteiger partial charge in [0.25, 0.3) is 0 Å². The number of thiazole rings is 1. The first kappa shape index (κ1) is 14.0. The van der Waals surface area contributed by atoms with E-state index >= 15 is 0 Å². The van der Waals surface area contributed by atoms with Crippen LogP contribution in [0, 0.1) is 0 Å². The highest BCUT2D eigenvalue weighted by Crippen LogP contribution is 2.24. The predicted molar refractivity (Wildman–Crippen MR) is 90.6 cm³/mol. The van der Waals surface area contributed by atoms with Gasteiger partial charge in [0.05, 0.1) is 10.2 Å². The molecule has 0 radical (unpaired) electrons. The summed E-state index contributed by atoms with van der Waals surface area (Å²) in [6.07, 6.45) is 0. The maximum absolute atomic E-state index is 4.53. The van der Waals surface area contributed by atoms with Crippen LogP contribution in [0.3, 0.4) is 0 Å². The molecule has 0 unspecified atom stereocenters. The summed E-state index contributed by atoms with van der Waals surface area (Å²) in [6, 6.07) is 16.9. The molecule has 1 heterocycles. The van der Waals surface area contributed by atoms with E-state index in [1.807, 2.05) is 18.2 Å². The van der Waals surface area contributed by atoms with Crippen molar-refractivity contribution in [2.24, 2.45) is 0 Å². The van der Waals surface area contributed by atoms with E-state index in [0.717, 1.165) is 17.2 Å². The number of hydrazine groups is 1. The Morgan fingerprint density at radius 1 is 1.05 bits per heavy atom. The van der Waals surface area contributed by atoms with Crippen LogP contribution in [0.1, 0.15) is 30.9 Å². The lowest BCUT2D eigenvalue weighted by Gasteiger charge is -2.08. The molecule has 1 aromatic heterocycles. The topological polar surface area (TPSA) is 37.0 Å². The molecule has 0 atom stereocenters. The maximum atomic E-state index is 4.53. The third-order valence-electron chi connectivity index (χ3n) is 3.43. The molecule has 0 aliphatic heterocycles. The Bertz CT molecular complexity index is 683. The quantitative estimate of drug-likeness (QED) is 0.679. The molecule has 4 heteroatoms. The van der Waals surface area contributed by atoms with E-state index in [4.69, 9.17) is 0 Å². The number of fused-ring (bicyclic) bond motifs is 1. The second-order valence-corrected chi connectivity index (χ2v) is 6.39. The molecule has 0 bridgehead atoms. The average molecular weight is 297 g/mol. The lowest BCUT2D eigenvalue weighted by molar-refractivity contribution is 0.796. The van der Waals surface area contributed by atoms with Crippen molar-refractivity contribution in [1.82, 2.24) is 10.4 Å². The molecule has 2 aromatic carbocycles. The molecule has 0 saturated heterocycles. The van der Waals surface area contributed by atoms with Crippen LogP contribution in [0.15, 0.2) is 48.5 Å². The Kier molecular flexibility index (Phi) is 4.18. The minimum atomic E-state index is 0.577. The van der Waals surface area contributed by atoms with E-state index in [9.17, 15) is 0 Å². The maximum Gasteiger partial charge on any atom is 0.198 e. The number of anilines is 1. The van der Waals surface area contributed by atoms with Crippen molar-refractivity contribution in [3.05, 3.63) is 59.7 Å². The molecule has 21 heavy (non-hydrogen) atoms. The van der Waals surface area contributed by atoms with E-state index in [0.29, 0.717) is 5.92 Å². The normalized spacial score (nSPS) is 11.2. The van der Waals surface area contributed by atoms with Gasteiger partial charge in [0, 0.05) is 6.54 Å². The van der Waals surface area contributed by atoms with Gasteiger partial charge in [-0.3, -0.25) is 5.43 Å². The molecule has 3 nitrogen and oxygen atoms in total. The van der Waals surface area contributed by atoms with Gasteiger partial charge in [-0.2, -0.15) is 0 Å². The Morgan fingerprint density at radius 3 is 2.52 bits per heavy atom. The smallest absolute Gasteiger partial charge is 0.198 e. The summed E-state index contributed by atoms with van der Waals surface area (Å²) >= 11 is 1.65. The highest BCUT2D eigenvalue weighted by atomic mass is 32.1. The van der Waals surface area contributed by atoms with Crippen LogP contribution < -0.4 is 10.9 Å². The summed E-state index contributed by atoms with van der Waals surface area (Å²) in [6.45, 7) is 5.19. The fourth-order valence-corrected chi connectivity index (χ4v) is 3.01. The third-order valence-corrected chi connectivity index (χ3v) is 4.38. The first-order chi connectivity index (χ1) is 10.2. The minimum absolute atomic E-state index is 0.577. The summed E-state index contributed by atoms with van der Waals surface area (Å²) in [5.41, 5.74) is 10.1. The number of hydrogen-bond donors (Lipinski definition) is 2. The summed E-state index contributed by atoms with van der Waals surface area (Å²) in [7, 11) is 0. The Morgan fingerprint density at radius 2 is 1.81 bits per heavy atom. The molecule has 3 rings (SSSR count). The van der Waals surface area contributed by atoms with E-state index in [1.54, 1.807) is 11.3 Å². The molecular formula is C17H19N3S. The van der Waals surface area contributed by atoms with Crippen LogP contribution in [-0.2, 0) is 6.54 Å². The van der Waals surface area contributed by atoms with Crippen LogP contribution in [0.5, 0.6) is 0 Å². The van der Waals surface area contributed by atoms with Gasteiger partial charge in [0.15, 0.2) is 5.13 Å². The van der Waals surface area contributed by atoms with Crippen molar-refractivity contribution >= 4 is 26.7 Å². The zero-order valence-corrected chi connectivity index (χ0v) is 13.1. The standard InChI is InChI=1S/C17H19N3S/c1-12(2)14-9-7-13(8-10-14)11-18-20-17-19-15-5-3-4-6-16(15)21-17/h3-10,12,18H,11H2,1-2H3,(H,19,20). The van der Waals surface area contributed by atoms with Crippen molar-refractivity contribution in [3.8, 4) is 0 Å². The molecule has 108 valence electrons. The first-order valence-corrected chi connectivity index (χ1v) is 7.97. The summed E-state index contributed by atoms with van der Waals surface area (Å²) in [5, 5.41) is 0.898. The number of nitrogens with zero attached hydrogens (tertiary/aromatic N) is 1. The molecule has 0 saturated carbocycles. The third kappa shape index (κ3) is 3.40. The lowest BCUT2D eigenvalue weighted by atomic mass is 10.0. The van der Waals surface area contributed by atoms with Crippen molar-refractivity contribution < 1.29 is 0 Å². The Hall–Kier alpha value is -1.91. The predicted octanol–water partition coefficient (Wildman–Crippen LogP) is 4.54. The monoisotopic (exact) mass is 297 g/mol. The fourth-order valence-electron chi connectivity index (χ4n) is 2.17. The van der Waals surface area contributed by atoms with Crippen molar-refractivity contribution in [1.29, 1.82) is 0 Å². The van der Waals surface area contributed by atoms with Gasteiger partial charge >= 0.3 is 0 Å². The van der Waals surface area contributed by atoms with Gasteiger partial charge < -0.3 is 0 Å². The van der Waals surface area contributed by atoms with E-state index < -0.39 is 0 Å². The van der Waals surface area contributed by atoms with Crippen LogP contribution in [0.2, 0.25) is 0 Å². The highest BCUT2D eigenvalue weighted by molar-refractivity contribution is 7.22. The zero-order chi connectivity index (χ0) is 14.7. The lowest BCUT2D eigenvalue weighted by Crippen LogP contribution is -2.20. The van der Waals surface area contributed by atoms with Gasteiger partial charge in [-0.05, 0) is 29.2 Å². The molecule has 2 N–H and O–H groups in total.